The molecule has 1 heterocycles. The predicted octanol–water partition coefficient (Wildman–Crippen LogP) is 3.30. The second kappa shape index (κ2) is 6.24. The lowest BCUT2D eigenvalue weighted by Gasteiger charge is -2.18. The number of benzene rings is 2. The molecule has 0 saturated carbocycles. The van der Waals surface area contributed by atoms with E-state index in [2.05, 4.69) is 0 Å². The molecule has 0 saturated heterocycles. The molecule has 2 aromatic carbocycles. The normalized spacial score (nSPS) is 16.1. The summed E-state index contributed by atoms with van der Waals surface area (Å²) in [6.07, 6.45) is 0.283. The molecule has 1 aliphatic rings. The van der Waals surface area contributed by atoms with Crippen LogP contribution in [0.25, 0.3) is 0 Å². The summed E-state index contributed by atoms with van der Waals surface area (Å²) in [4.78, 5) is 26.3. The smallest absolute Gasteiger partial charge is 0.306 e. The molecule has 0 spiro atoms. The second-order valence-corrected chi connectivity index (χ2v) is 5.82. The van der Waals surface area contributed by atoms with E-state index in [0.29, 0.717) is 12.1 Å². The Hall–Kier alpha value is -2.62. The van der Waals surface area contributed by atoms with Crippen LogP contribution in [0.5, 0.6) is 0 Å². The highest BCUT2D eigenvalue weighted by molar-refractivity contribution is 6.07. The number of amides is 1. The molecule has 1 unspecified atom stereocenters. The first-order valence-corrected chi connectivity index (χ1v) is 7.64. The third-order valence-corrected chi connectivity index (χ3v) is 4.22. The van der Waals surface area contributed by atoms with Gasteiger partial charge in [0.15, 0.2) is 0 Å². The van der Waals surface area contributed by atoms with Gasteiger partial charge in [-0.25, -0.2) is 0 Å². The van der Waals surface area contributed by atoms with Gasteiger partial charge < -0.3 is 9.64 Å². The second-order valence-electron chi connectivity index (χ2n) is 5.82. The molecule has 23 heavy (non-hydrogen) atoms. The number of aryl methyl sites for hydroxylation is 1. The fraction of sp³-hybridized carbons (Fsp3) is 0.263. The molecule has 0 fully saturated rings. The summed E-state index contributed by atoms with van der Waals surface area (Å²) in [6.45, 7) is 2.47. The largest absolute Gasteiger partial charge is 0.469 e. The number of nitrogens with zero attached hydrogens (tertiary/aromatic N) is 1. The van der Waals surface area contributed by atoms with Crippen LogP contribution in [-0.2, 0) is 9.53 Å². The van der Waals surface area contributed by atoms with Gasteiger partial charge in [-0.05, 0) is 30.7 Å². The van der Waals surface area contributed by atoms with Crippen molar-refractivity contribution in [3.8, 4) is 0 Å². The zero-order valence-corrected chi connectivity index (χ0v) is 13.3. The van der Waals surface area contributed by atoms with Crippen LogP contribution in [0.2, 0.25) is 0 Å². The maximum absolute atomic E-state index is 12.9. The van der Waals surface area contributed by atoms with E-state index in [0.717, 1.165) is 16.8 Å². The molecular weight excluding hydrogens is 290 g/mol. The van der Waals surface area contributed by atoms with Gasteiger partial charge in [-0.15, -0.1) is 0 Å². The van der Waals surface area contributed by atoms with E-state index in [4.69, 9.17) is 4.74 Å². The van der Waals surface area contributed by atoms with Gasteiger partial charge in [0.25, 0.3) is 5.91 Å². The standard InChI is InChI=1S/C19H19NO3/c1-13-6-5-7-14(10-13)19(22)20-12-15(11-18(21)23-2)16-8-3-4-9-17(16)20/h3-10,15H,11-12H2,1-2H3. The zero-order chi connectivity index (χ0) is 16.4. The molecule has 1 atom stereocenters. The molecule has 2 aromatic rings. The molecule has 1 amide bonds. The number of rotatable bonds is 3. The molecule has 0 N–H and O–H groups in total. The van der Waals surface area contributed by atoms with E-state index in [-0.39, 0.29) is 24.2 Å². The van der Waals surface area contributed by atoms with Crippen molar-refractivity contribution < 1.29 is 14.3 Å². The Kier molecular flexibility index (Phi) is 4.15. The van der Waals surface area contributed by atoms with E-state index in [1.54, 1.807) is 4.90 Å². The van der Waals surface area contributed by atoms with Crippen molar-refractivity contribution in [3.63, 3.8) is 0 Å². The highest BCUT2D eigenvalue weighted by Gasteiger charge is 2.33. The molecule has 4 heteroatoms. The van der Waals surface area contributed by atoms with Crippen LogP contribution < -0.4 is 4.90 Å². The molecule has 0 aliphatic carbocycles. The molecule has 0 aromatic heterocycles. The van der Waals surface area contributed by atoms with E-state index in [9.17, 15) is 9.59 Å². The fourth-order valence-electron chi connectivity index (χ4n) is 3.08. The van der Waals surface area contributed by atoms with Gasteiger partial charge in [-0.1, -0.05) is 35.9 Å². The molecule has 118 valence electrons. The van der Waals surface area contributed by atoms with E-state index in [1.807, 2.05) is 55.5 Å². The van der Waals surface area contributed by atoms with Crippen LogP contribution in [0.15, 0.2) is 48.5 Å². The lowest BCUT2D eigenvalue weighted by molar-refractivity contribution is -0.141. The van der Waals surface area contributed by atoms with Crippen LogP contribution in [0, 0.1) is 6.92 Å². The first kappa shape index (κ1) is 15.3. The number of ether oxygens (including phenoxy) is 1. The van der Waals surface area contributed by atoms with E-state index >= 15 is 0 Å². The van der Waals surface area contributed by atoms with Crippen LogP contribution in [-0.4, -0.2) is 25.5 Å². The third kappa shape index (κ3) is 2.97. The lowest BCUT2D eigenvalue weighted by Crippen LogP contribution is -2.30. The fourth-order valence-corrected chi connectivity index (χ4v) is 3.08. The van der Waals surface area contributed by atoms with Gasteiger partial charge in [0.2, 0.25) is 0 Å². The lowest BCUT2D eigenvalue weighted by atomic mass is 9.98. The number of methoxy groups -OCH3 is 1. The minimum atomic E-state index is -0.255. The Morgan fingerprint density at radius 1 is 1.17 bits per heavy atom. The predicted molar refractivity (Wildman–Crippen MR) is 88.7 cm³/mol. The average molecular weight is 309 g/mol. The monoisotopic (exact) mass is 309 g/mol. The van der Waals surface area contributed by atoms with Gasteiger partial charge in [-0.2, -0.15) is 0 Å². The minimum absolute atomic E-state index is 0.0209. The number of carbonyl (C=O) groups is 2. The van der Waals surface area contributed by atoms with Crippen molar-refractivity contribution in [2.75, 3.05) is 18.6 Å². The summed E-state index contributed by atoms with van der Waals surface area (Å²) in [5.74, 6) is -0.310. The topological polar surface area (TPSA) is 46.6 Å². The van der Waals surface area contributed by atoms with E-state index < -0.39 is 0 Å². The minimum Gasteiger partial charge on any atom is -0.469 e. The molecule has 0 bridgehead atoms. The number of fused-ring (bicyclic) bond motifs is 1. The summed E-state index contributed by atoms with van der Waals surface area (Å²) in [7, 11) is 1.39. The number of carbonyl (C=O) groups excluding carboxylic acids is 2. The van der Waals surface area contributed by atoms with Gasteiger partial charge in [-0.3, -0.25) is 9.59 Å². The summed E-state index contributed by atoms with van der Waals surface area (Å²) >= 11 is 0. The summed E-state index contributed by atoms with van der Waals surface area (Å²) in [5, 5.41) is 0. The highest BCUT2D eigenvalue weighted by Crippen LogP contribution is 2.38. The number of esters is 1. The summed E-state index contributed by atoms with van der Waals surface area (Å²) in [6, 6.07) is 15.3. The van der Waals surface area contributed by atoms with Crippen LogP contribution in [0.3, 0.4) is 0 Å². The van der Waals surface area contributed by atoms with Crippen LogP contribution in [0.4, 0.5) is 5.69 Å². The molecule has 3 rings (SSSR count). The maximum Gasteiger partial charge on any atom is 0.306 e. The van der Waals surface area contributed by atoms with Crippen LogP contribution >= 0.6 is 0 Å². The summed E-state index contributed by atoms with van der Waals surface area (Å²) < 4.78 is 4.78. The number of hydrogen-bond donors (Lipinski definition) is 0. The number of hydrogen-bond acceptors (Lipinski definition) is 3. The highest BCUT2D eigenvalue weighted by atomic mass is 16.5. The van der Waals surface area contributed by atoms with Gasteiger partial charge in [0, 0.05) is 23.7 Å². The first-order valence-electron chi connectivity index (χ1n) is 7.64. The average Bonchev–Trinajstić information content (AvgIpc) is 2.93. The maximum atomic E-state index is 12.9. The van der Waals surface area contributed by atoms with Gasteiger partial charge >= 0.3 is 5.97 Å². The van der Waals surface area contributed by atoms with Gasteiger partial charge in [0.1, 0.15) is 0 Å². The van der Waals surface area contributed by atoms with Crippen molar-refractivity contribution in [3.05, 3.63) is 65.2 Å². The third-order valence-electron chi connectivity index (χ3n) is 4.22. The Morgan fingerprint density at radius 3 is 2.70 bits per heavy atom. The summed E-state index contributed by atoms with van der Waals surface area (Å²) in [5.41, 5.74) is 3.62. The Labute approximate surface area is 135 Å². The Bertz CT molecular complexity index is 754. The van der Waals surface area contributed by atoms with Crippen molar-refractivity contribution in [1.29, 1.82) is 0 Å². The van der Waals surface area contributed by atoms with Crippen molar-refractivity contribution in [2.24, 2.45) is 0 Å². The van der Waals surface area contributed by atoms with Crippen molar-refractivity contribution in [1.82, 2.24) is 0 Å². The molecule has 4 nitrogen and oxygen atoms in total. The van der Waals surface area contributed by atoms with Gasteiger partial charge in [0.05, 0.1) is 13.5 Å². The molecule has 1 aliphatic heterocycles. The zero-order valence-electron chi connectivity index (χ0n) is 13.3. The Balaban J connectivity index is 1.92. The first-order chi connectivity index (χ1) is 11.1. The number of anilines is 1. The molecule has 0 radical (unpaired) electrons. The quantitative estimate of drug-likeness (QED) is 0.817. The Morgan fingerprint density at radius 2 is 1.96 bits per heavy atom. The van der Waals surface area contributed by atoms with Crippen LogP contribution in [0.1, 0.15) is 33.8 Å². The molecular formula is C19H19NO3. The number of para-hydroxylation sites is 1. The van der Waals surface area contributed by atoms with E-state index in [1.165, 1.54) is 7.11 Å². The van der Waals surface area contributed by atoms with Crippen molar-refractivity contribution in [2.45, 2.75) is 19.3 Å². The van der Waals surface area contributed by atoms with Crippen molar-refractivity contribution >= 4 is 17.6 Å². The SMILES string of the molecule is COC(=O)CC1CN(C(=O)c2cccc(C)c2)c2ccccc21.